The highest BCUT2D eigenvalue weighted by molar-refractivity contribution is 7.92. The molecule has 0 atom stereocenters. The van der Waals surface area contributed by atoms with Crippen LogP contribution in [0.25, 0.3) is 22.0 Å². The highest BCUT2D eigenvalue weighted by atomic mass is 32.2. The normalized spacial score (nSPS) is 11.4. The smallest absolute Gasteiger partial charge is 0.261 e. The van der Waals surface area contributed by atoms with E-state index in [0.29, 0.717) is 22.2 Å². The molecule has 0 radical (unpaired) electrons. The van der Waals surface area contributed by atoms with Gasteiger partial charge in [-0.3, -0.25) is 4.72 Å². The van der Waals surface area contributed by atoms with Crippen LogP contribution in [-0.4, -0.2) is 30.5 Å². The molecule has 12 heteroatoms. The summed E-state index contributed by atoms with van der Waals surface area (Å²) in [6.45, 7) is 0. The van der Waals surface area contributed by atoms with E-state index in [2.05, 4.69) is 25.0 Å². The largest absolute Gasteiger partial charge is 0.496 e. The Balaban J connectivity index is 1.58. The van der Waals surface area contributed by atoms with Gasteiger partial charge in [0.15, 0.2) is 5.82 Å². The zero-order valence-corrected chi connectivity index (χ0v) is 20.4. The van der Waals surface area contributed by atoms with Crippen LogP contribution in [0.15, 0.2) is 84.1 Å². The monoisotopic (exact) mass is 537 g/mol. The van der Waals surface area contributed by atoms with Gasteiger partial charge in [0.1, 0.15) is 29.4 Å². The molecule has 0 aliphatic heterocycles. The third kappa shape index (κ3) is 4.68. The molecule has 5 aromatic rings. The summed E-state index contributed by atoms with van der Waals surface area (Å²) in [6.07, 6.45) is 2.47. The summed E-state index contributed by atoms with van der Waals surface area (Å²) in [6, 6.07) is 15.3. The standard InChI is InChI=1S/C26H18F3N5O3S/c1-37-22-13-21-18(12-17(22)16-8-5-11-30-25(16)29)26(32-14-31-21)33-24-19(27)9-10-20(23(24)28)34-38(35,36)15-6-3-2-4-7-15/h2-14,34H,1H3,(H,31,32,33). The molecule has 38 heavy (non-hydrogen) atoms. The molecule has 0 saturated carbocycles. The Morgan fingerprint density at radius 1 is 0.868 bits per heavy atom. The lowest BCUT2D eigenvalue weighted by molar-refractivity contribution is 0.416. The van der Waals surface area contributed by atoms with E-state index < -0.39 is 39.0 Å². The number of anilines is 3. The summed E-state index contributed by atoms with van der Waals surface area (Å²) in [5, 5.41) is 2.89. The van der Waals surface area contributed by atoms with Gasteiger partial charge in [-0.05, 0) is 42.5 Å². The third-order valence-electron chi connectivity index (χ3n) is 5.64. The topological polar surface area (TPSA) is 106 Å². The Morgan fingerprint density at radius 2 is 1.66 bits per heavy atom. The van der Waals surface area contributed by atoms with E-state index in [4.69, 9.17) is 4.74 Å². The number of halogens is 3. The number of nitrogens with one attached hydrogen (secondary N) is 2. The van der Waals surface area contributed by atoms with E-state index in [9.17, 15) is 17.2 Å². The number of ether oxygens (including phenoxy) is 1. The van der Waals surface area contributed by atoms with Crippen LogP contribution >= 0.6 is 0 Å². The lowest BCUT2D eigenvalue weighted by Crippen LogP contribution is -2.14. The SMILES string of the molecule is COc1cc2ncnc(Nc3c(F)ccc(NS(=O)(=O)c4ccccc4)c3F)c2cc1-c1cccnc1F. The summed E-state index contributed by atoms with van der Waals surface area (Å²) < 4.78 is 77.6. The van der Waals surface area contributed by atoms with Crippen molar-refractivity contribution >= 4 is 38.1 Å². The minimum absolute atomic E-state index is 0.0101. The van der Waals surface area contributed by atoms with Crippen molar-refractivity contribution < 1.29 is 26.3 Å². The van der Waals surface area contributed by atoms with E-state index in [1.54, 1.807) is 12.1 Å². The van der Waals surface area contributed by atoms with E-state index in [-0.39, 0.29) is 16.3 Å². The van der Waals surface area contributed by atoms with Gasteiger partial charge in [0, 0.05) is 28.8 Å². The van der Waals surface area contributed by atoms with Gasteiger partial charge < -0.3 is 10.1 Å². The molecular weight excluding hydrogens is 519 g/mol. The Hall–Kier alpha value is -4.71. The molecule has 0 bridgehead atoms. The van der Waals surface area contributed by atoms with Crippen LogP contribution in [0.3, 0.4) is 0 Å². The number of nitrogens with zero attached hydrogens (tertiary/aromatic N) is 3. The Morgan fingerprint density at radius 3 is 2.39 bits per heavy atom. The van der Waals surface area contributed by atoms with E-state index in [1.807, 2.05) is 0 Å². The van der Waals surface area contributed by atoms with Crippen LogP contribution in [0.5, 0.6) is 5.75 Å². The minimum atomic E-state index is -4.14. The maximum atomic E-state index is 15.4. The molecule has 0 amide bonds. The van der Waals surface area contributed by atoms with E-state index >= 15 is 4.39 Å². The average molecular weight is 538 g/mol. The Labute approximate surface area is 215 Å². The zero-order chi connectivity index (χ0) is 26.9. The maximum Gasteiger partial charge on any atom is 0.261 e. The fraction of sp³-hybridized carbons (Fsp3) is 0.0385. The van der Waals surface area contributed by atoms with Crippen molar-refractivity contribution in [1.82, 2.24) is 15.0 Å². The van der Waals surface area contributed by atoms with Crippen molar-refractivity contribution in [1.29, 1.82) is 0 Å². The molecule has 0 saturated heterocycles. The Bertz CT molecular complexity index is 1770. The molecule has 2 heterocycles. The second-order valence-electron chi connectivity index (χ2n) is 7.96. The van der Waals surface area contributed by atoms with Crippen LogP contribution in [0.1, 0.15) is 0 Å². The molecule has 0 fully saturated rings. The molecule has 0 aliphatic carbocycles. The van der Waals surface area contributed by atoms with Gasteiger partial charge in [0.25, 0.3) is 10.0 Å². The molecule has 5 rings (SSSR count). The van der Waals surface area contributed by atoms with Crippen molar-refractivity contribution in [3.63, 3.8) is 0 Å². The van der Waals surface area contributed by atoms with E-state index in [0.717, 1.165) is 12.1 Å². The predicted octanol–water partition coefficient (Wildman–Crippen LogP) is 5.66. The predicted molar refractivity (Wildman–Crippen MR) is 136 cm³/mol. The lowest BCUT2D eigenvalue weighted by Gasteiger charge is -2.15. The van der Waals surface area contributed by atoms with Gasteiger partial charge in [-0.25, -0.2) is 32.2 Å². The molecule has 0 unspecified atom stereocenters. The average Bonchev–Trinajstić information content (AvgIpc) is 2.92. The van der Waals surface area contributed by atoms with Crippen LogP contribution in [0, 0.1) is 17.6 Å². The lowest BCUT2D eigenvalue weighted by atomic mass is 10.0. The van der Waals surface area contributed by atoms with Crippen molar-refractivity contribution in [3.05, 3.63) is 96.8 Å². The van der Waals surface area contributed by atoms with Crippen molar-refractivity contribution in [3.8, 4) is 16.9 Å². The number of aromatic nitrogens is 3. The first-order valence-corrected chi connectivity index (χ1v) is 12.5. The van der Waals surface area contributed by atoms with Gasteiger partial charge in [-0.2, -0.15) is 4.39 Å². The number of methoxy groups -OCH3 is 1. The quantitative estimate of drug-likeness (QED) is 0.258. The minimum Gasteiger partial charge on any atom is -0.496 e. The fourth-order valence-electron chi connectivity index (χ4n) is 3.82. The Kier molecular flexibility index (Phi) is 6.55. The molecule has 0 aliphatic rings. The molecule has 3 aromatic carbocycles. The van der Waals surface area contributed by atoms with Gasteiger partial charge in [-0.1, -0.05) is 18.2 Å². The van der Waals surface area contributed by atoms with Gasteiger partial charge in [0.05, 0.1) is 23.2 Å². The van der Waals surface area contributed by atoms with Gasteiger partial charge in [-0.15, -0.1) is 0 Å². The highest BCUT2D eigenvalue weighted by Crippen LogP contribution is 2.38. The third-order valence-corrected chi connectivity index (χ3v) is 7.02. The number of hydrogen-bond acceptors (Lipinski definition) is 7. The van der Waals surface area contributed by atoms with Gasteiger partial charge in [0.2, 0.25) is 5.95 Å². The summed E-state index contributed by atoms with van der Waals surface area (Å²) in [4.78, 5) is 11.8. The molecule has 2 aromatic heterocycles. The second kappa shape index (κ2) is 9.98. The van der Waals surface area contributed by atoms with Crippen LogP contribution < -0.4 is 14.8 Å². The van der Waals surface area contributed by atoms with Crippen LogP contribution in [0.2, 0.25) is 0 Å². The molecule has 8 nitrogen and oxygen atoms in total. The zero-order valence-electron chi connectivity index (χ0n) is 19.6. The van der Waals surface area contributed by atoms with Gasteiger partial charge >= 0.3 is 0 Å². The maximum absolute atomic E-state index is 15.4. The van der Waals surface area contributed by atoms with E-state index in [1.165, 1.54) is 62.1 Å². The second-order valence-corrected chi connectivity index (χ2v) is 9.64. The first-order valence-electron chi connectivity index (χ1n) is 11.0. The number of sulfonamides is 1. The fourth-order valence-corrected chi connectivity index (χ4v) is 4.90. The number of pyridine rings is 1. The highest BCUT2D eigenvalue weighted by Gasteiger charge is 2.22. The molecule has 2 N–H and O–H groups in total. The molecular formula is C26H18F3N5O3S. The first kappa shape index (κ1) is 25.0. The van der Waals surface area contributed by atoms with Crippen molar-refractivity contribution in [2.75, 3.05) is 17.1 Å². The van der Waals surface area contributed by atoms with Crippen molar-refractivity contribution in [2.45, 2.75) is 4.90 Å². The number of hydrogen-bond donors (Lipinski definition) is 2. The van der Waals surface area contributed by atoms with Crippen LogP contribution in [0.4, 0.5) is 30.4 Å². The summed E-state index contributed by atoms with van der Waals surface area (Å²) >= 11 is 0. The summed E-state index contributed by atoms with van der Waals surface area (Å²) in [5.41, 5.74) is -0.335. The summed E-state index contributed by atoms with van der Waals surface area (Å²) in [7, 11) is -2.73. The number of fused-ring (bicyclic) bond motifs is 1. The first-order chi connectivity index (χ1) is 18.3. The summed E-state index contributed by atoms with van der Waals surface area (Å²) in [5.74, 6) is -2.65. The molecule has 0 spiro atoms. The van der Waals surface area contributed by atoms with Crippen molar-refractivity contribution in [2.24, 2.45) is 0 Å². The number of benzene rings is 3. The van der Waals surface area contributed by atoms with Crippen LogP contribution in [-0.2, 0) is 10.0 Å². The molecule has 192 valence electrons. The number of rotatable bonds is 7.